The van der Waals surface area contributed by atoms with Gasteiger partial charge in [0, 0.05) is 6.54 Å². The molecule has 2 aromatic rings. The van der Waals surface area contributed by atoms with Crippen LogP contribution in [0.3, 0.4) is 0 Å². The monoisotopic (exact) mass is 298 g/mol. The van der Waals surface area contributed by atoms with Gasteiger partial charge in [-0.3, -0.25) is 4.79 Å². The van der Waals surface area contributed by atoms with Crippen LogP contribution in [0.5, 0.6) is 5.75 Å². The van der Waals surface area contributed by atoms with E-state index < -0.39 is 0 Å². The molecule has 5 heteroatoms. The molecule has 0 radical (unpaired) electrons. The molecule has 1 saturated heterocycles. The normalized spacial score (nSPS) is 17.9. The van der Waals surface area contributed by atoms with Crippen molar-refractivity contribution in [1.29, 1.82) is 0 Å². The molecule has 1 atom stereocenters. The number of carbonyl (C=O) groups is 1. The Balaban J connectivity index is 1.81. The van der Waals surface area contributed by atoms with E-state index in [1.165, 1.54) is 0 Å². The average molecular weight is 298 g/mol. The number of nitrogens with zero attached hydrogens (tertiary/aromatic N) is 1. The van der Waals surface area contributed by atoms with E-state index in [0.29, 0.717) is 31.3 Å². The van der Waals surface area contributed by atoms with Gasteiger partial charge >= 0.3 is 0 Å². The Morgan fingerprint density at radius 2 is 2.14 bits per heavy atom. The SMILES string of the molecule is O=Cc1ccc(OCc2ccccc2)c([C@@H]2COCCN2)n1. The summed E-state index contributed by atoms with van der Waals surface area (Å²) in [6.07, 6.45) is 0.744. The van der Waals surface area contributed by atoms with E-state index in [-0.39, 0.29) is 6.04 Å². The van der Waals surface area contributed by atoms with Gasteiger partial charge in [0.2, 0.25) is 0 Å². The zero-order valence-corrected chi connectivity index (χ0v) is 12.2. The van der Waals surface area contributed by atoms with Crippen molar-refractivity contribution in [3.63, 3.8) is 0 Å². The zero-order chi connectivity index (χ0) is 15.2. The Morgan fingerprint density at radius 3 is 2.86 bits per heavy atom. The van der Waals surface area contributed by atoms with Gasteiger partial charge in [-0.25, -0.2) is 4.98 Å². The molecule has 0 bridgehead atoms. The van der Waals surface area contributed by atoms with Gasteiger partial charge < -0.3 is 14.8 Å². The number of hydrogen-bond donors (Lipinski definition) is 1. The number of nitrogens with one attached hydrogen (secondary N) is 1. The molecular formula is C17H18N2O3. The van der Waals surface area contributed by atoms with Crippen LogP contribution in [0, 0.1) is 0 Å². The fourth-order valence-corrected chi connectivity index (χ4v) is 2.39. The van der Waals surface area contributed by atoms with Crippen molar-refractivity contribution in [1.82, 2.24) is 10.3 Å². The third-order valence-electron chi connectivity index (χ3n) is 3.52. The predicted octanol–water partition coefficient (Wildman–Crippen LogP) is 2.13. The molecule has 0 aliphatic carbocycles. The lowest BCUT2D eigenvalue weighted by atomic mass is 10.1. The van der Waals surface area contributed by atoms with E-state index in [1.807, 2.05) is 30.3 Å². The Kier molecular flexibility index (Phi) is 4.78. The van der Waals surface area contributed by atoms with Crippen LogP contribution in [-0.2, 0) is 11.3 Å². The van der Waals surface area contributed by atoms with Crippen molar-refractivity contribution in [3.8, 4) is 5.75 Å². The summed E-state index contributed by atoms with van der Waals surface area (Å²) >= 11 is 0. The first-order valence-corrected chi connectivity index (χ1v) is 7.31. The number of pyridine rings is 1. The average Bonchev–Trinajstić information content (AvgIpc) is 2.61. The van der Waals surface area contributed by atoms with Gasteiger partial charge in [0.1, 0.15) is 23.7 Å². The molecule has 1 aliphatic heterocycles. The summed E-state index contributed by atoms with van der Waals surface area (Å²) in [5.41, 5.74) is 2.20. The molecule has 114 valence electrons. The minimum Gasteiger partial charge on any atom is -0.487 e. The number of aromatic nitrogens is 1. The lowest BCUT2D eigenvalue weighted by molar-refractivity contribution is 0.0742. The summed E-state index contributed by atoms with van der Waals surface area (Å²) in [4.78, 5) is 15.4. The molecule has 0 saturated carbocycles. The third kappa shape index (κ3) is 3.50. The van der Waals surface area contributed by atoms with Gasteiger partial charge in [-0.15, -0.1) is 0 Å². The summed E-state index contributed by atoms with van der Waals surface area (Å²) in [5, 5.41) is 3.34. The van der Waals surface area contributed by atoms with Crippen LogP contribution in [0.2, 0.25) is 0 Å². The fraction of sp³-hybridized carbons (Fsp3) is 0.294. The van der Waals surface area contributed by atoms with E-state index in [2.05, 4.69) is 10.3 Å². The second kappa shape index (κ2) is 7.15. The standard InChI is InChI=1S/C17H18N2O3/c20-10-14-6-7-16(22-11-13-4-2-1-3-5-13)17(19-14)15-12-21-9-8-18-15/h1-7,10,15,18H,8-9,11-12H2/t15-/m0/s1. The number of morpholine rings is 1. The first kappa shape index (κ1) is 14.7. The second-order valence-corrected chi connectivity index (χ2v) is 5.09. The summed E-state index contributed by atoms with van der Waals surface area (Å²) in [7, 11) is 0. The van der Waals surface area contributed by atoms with E-state index >= 15 is 0 Å². The molecule has 1 aliphatic rings. The highest BCUT2D eigenvalue weighted by Crippen LogP contribution is 2.26. The number of carbonyl (C=O) groups excluding carboxylic acids is 1. The fourth-order valence-electron chi connectivity index (χ4n) is 2.39. The van der Waals surface area contributed by atoms with Crippen LogP contribution in [0.1, 0.15) is 27.8 Å². The predicted molar refractivity (Wildman–Crippen MR) is 82.0 cm³/mol. The molecule has 0 unspecified atom stereocenters. The minimum atomic E-state index is -0.0561. The van der Waals surface area contributed by atoms with Gasteiger partial charge in [0.05, 0.1) is 19.3 Å². The van der Waals surface area contributed by atoms with E-state index in [1.54, 1.807) is 12.1 Å². The summed E-state index contributed by atoms with van der Waals surface area (Å²) in [5.74, 6) is 0.678. The first-order chi connectivity index (χ1) is 10.9. The summed E-state index contributed by atoms with van der Waals surface area (Å²) < 4.78 is 11.4. The maximum Gasteiger partial charge on any atom is 0.168 e. The quantitative estimate of drug-likeness (QED) is 0.857. The number of rotatable bonds is 5. The van der Waals surface area contributed by atoms with Crippen LogP contribution in [0.15, 0.2) is 42.5 Å². The highest BCUT2D eigenvalue weighted by atomic mass is 16.5. The van der Waals surface area contributed by atoms with Crippen molar-refractivity contribution in [2.24, 2.45) is 0 Å². The largest absolute Gasteiger partial charge is 0.487 e. The minimum absolute atomic E-state index is 0.0561. The Labute approximate surface area is 129 Å². The number of aldehydes is 1. The molecule has 22 heavy (non-hydrogen) atoms. The van der Waals surface area contributed by atoms with Crippen LogP contribution < -0.4 is 10.1 Å². The lowest BCUT2D eigenvalue weighted by Gasteiger charge is -2.25. The van der Waals surface area contributed by atoms with Gasteiger partial charge in [-0.2, -0.15) is 0 Å². The molecule has 3 rings (SSSR count). The smallest absolute Gasteiger partial charge is 0.168 e. The molecule has 5 nitrogen and oxygen atoms in total. The highest BCUT2D eigenvalue weighted by Gasteiger charge is 2.21. The van der Waals surface area contributed by atoms with Crippen molar-refractivity contribution in [3.05, 3.63) is 59.4 Å². The molecule has 1 aromatic heterocycles. The number of benzene rings is 1. The Bertz CT molecular complexity index is 625. The molecular weight excluding hydrogens is 280 g/mol. The molecule has 0 spiro atoms. The topological polar surface area (TPSA) is 60.5 Å². The Hall–Kier alpha value is -2.24. The van der Waals surface area contributed by atoms with Crippen molar-refractivity contribution < 1.29 is 14.3 Å². The van der Waals surface area contributed by atoms with Crippen LogP contribution in [0.4, 0.5) is 0 Å². The van der Waals surface area contributed by atoms with Crippen LogP contribution >= 0.6 is 0 Å². The molecule has 1 fully saturated rings. The van der Waals surface area contributed by atoms with E-state index in [9.17, 15) is 4.79 Å². The van der Waals surface area contributed by atoms with E-state index in [0.717, 1.165) is 24.1 Å². The van der Waals surface area contributed by atoms with Gasteiger partial charge in [-0.1, -0.05) is 30.3 Å². The molecule has 1 N–H and O–H groups in total. The van der Waals surface area contributed by atoms with Gasteiger partial charge in [-0.05, 0) is 17.7 Å². The van der Waals surface area contributed by atoms with Crippen molar-refractivity contribution in [2.75, 3.05) is 19.8 Å². The first-order valence-electron chi connectivity index (χ1n) is 7.31. The molecule has 2 heterocycles. The number of ether oxygens (including phenoxy) is 2. The van der Waals surface area contributed by atoms with Crippen LogP contribution in [0.25, 0.3) is 0 Å². The summed E-state index contributed by atoms with van der Waals surface area (Å²) in [6, 6.07) is 13.3. The lowest BCUT2D eigenvalue weighted by Crippen LogP contribution is -2.35. The molecule has 1 aromatic carbocycles. The highest BCUT2D eigenvalue weighted by molar-refractivity contribution is 5.72. The summed E-state index contributed by atoms with van der Waals surface area (Å²) in [6.45, 7) is 2.43. The number of hydrogen-bond acceptors (Lipinski definition) is 5. The third-order valence-corrected chi connectivity index (χ3v) is 3.52. The second-order valence-electron chi connectivity index (χ2n) is 5.09. The van der Waals surface area contributed by atoms with Crippen molar-refractivity contribution in [2.45, 2.75) is 12.6 Å². The van der Waals surface area contributed by atoms with Crippen LogP contribution in [-0.4, -0.2) is 31.0 Å². The van der Waals surface area contributed by atoms with E-state index in [4.69, 9.17) is 9.47 Å². The van der Waals surface area contributed by atoms with Gasteiger partial charge in [0.25, 0.3) is 0 Å². The van der Waals surface area contributed by atoms with Gasteiger partial charge in [0.15, 0.2) is 6.29 Å². The Morgan fingerprint density at radius 1 is 1.27 bits per heavy atom. The maximum atomic E-state index is 11.0. The zero-order valence-electron chi connectivity index (χ0n) is 12.2. The van der Waals surface area contributed by atoms with Crippen molar-refractivity contribution >= 4 is 6.29 Å². The molecule has 0 amide bonds. The maximum absolute atomic E-state index is 11.0.